The summed E-state index contributed by atoms with van der Waals surface area (Å²) in [5.41, 5.74) is 4.07. The Morgan fingerprint density at radius 2 is 2.12 bits per heavy atom. The average Bonchev–Trinajstić information content (AvgIpc) is 2.30. The first kappa shape index (κ1) is 10.3. The lowest BCUT2D eigenvalue weighted by atomic mass is 10.3. The molecule has 4 heteroatoms. The molecule has 80 valence electrons. The van der Waals surface area contributed by atoms with Gasteiger partial charge in [-0.2, -0.15) is 5.10 Å². The Kier molecular flexibility index (Phi) is 3.23. The van der Waals surface area contributed by atoms with Crippen molar-refractivity contribution < 1.29 is 4.39 Å². The summed E-state index contributed by atoms with van der Waals surface area (Å²) in [5.74, 6) is -0.293. The van der Waals surface area contributed by atoms with Crippen LogP contribution < -0.4 is 5.43 Å². The normalized spacial score (nSPS) is 10.6. The summed E-state index contributed by atoms with van der Waals surface area (Å²) in [4.78, 5) is 4.06. The first-order valence-electron chi connectivity index (χ1n) is 4.80. The number of halogens is 1. The fraction of sp³-hybridized carbons (Fsp3) is 0. The summed E-state index contributed by atoms with van der Waals surface area (Å²) >= 11 is 0. The first-order chi connectivity index (χ1) is 7.84. The van der Waals surface area contributed by atoms with Crippen LogP contribution in [0.25, 0.3) is 0 Å². The predicted molar refractivity (Wildman–Crippen MR) is 61.9 cm³/mol. The minimum Gasteiger partial charge on any atom is -0.278 e. The van der Waals surface area contributed by atoms with Gasteiger partial charge in [0.05, 0.1) is 17.6 Å². The Hall–Kier alpha value is -2.23. The highest BCUT2D eigenvalue weighted by atomic mass is 19.1. The maximum Gasteiger partial charge on any atom is 0.125 e. The Bertz CT molecular complexity index is 483. The van der Waals surface area contributed by atoms with E-state index >= 15 is 0 Å². The zero-order valence-electron chi connectivity index (χ0n) is 8.47. The van der Waals surface area contributed by atoms with Gasteiger partial charge in [0.25, 0.3) is 0 Å². The average molecular weight is 215 g/mol. The van der Waals surface area contributed by atoms with E-state index in [1.54, 1.807) is 24.5 Å². The minimum atomic E-state index is -0.293. The van der Waals surface area contributed by atoms with Crippen LogP contribution in [0, 0.1) is 5.82 Å². The zero-order chi connectivity index (χ0) is 11.2. The number of benzene rings is 1. The highest BCUT2D eigenvalue weighted by Crippen LogP contribution is 2.08. The number of aromatic nitrogens is 1. The third-order valence-electron chi connectivity index (χ3n) is 1.90. The third kappa shape index (κ3) is 2.88. The molecule has 3 nitrogen and oxygen atoms in total. The maximum atomic E-state index is 12.8. The van der Waals surface area contributed by atoms with Crippen LogP contribution in [0.4, 0.5) is 10.1 Å². The molecule has 2 aromatic rings. The number of anilines is 1. The topological polar surface area (TPSA) is 37.3 Å². The molecule has 0 bridgehead atoms. The van der Waals surface area contributed by atoms with E-state index < -0.39 is 0 Å². The van der Waals surface area contributed by atoms with Gasteiger partial charge in [0.15, 0.2) is 0 Å². The van der Waals surface area contributed by atoms with Crippen LogP contribution in [0.5, 0.6) is 0 Å². The lowest BCUT2D eigenvalue weighted by molar-refractivity contribution is 0.628. The first-order valence-corrected chi connectivity index (χ1v) is 4.80. The summed E-state index contributed by atoms with van der Waals surface area (Å²) in [6.45, 7) is 0. The predicted octanol–water partition coefficient (Wildman–Crippen LogP) is 2.67. The Balaban J connectivity index is 2.00. The molecule has 0 saturated carbocycles. The molecule has 0 amide bonds. The molecule has 2 rings (SSSR count). The Labute approximate surface area is 92.7 Å². The van der Waals surface area contributed by atoms with Gasteiger partial charge < -0.3 is 0 Å². The monoisotopic (exact) mass is 215 g/mol. The highest BCUT2D eigenvalue weighted by Gasteiger charge is 1.91. The van der Waals surface area contributed by atoms with E-state index in [0.717, 1.165) is 5.69 Å². The fourth-order valence-corrected chi connectivity index (χ4v) is 1.18. The lowest BCUT2D eigenvalue weighted by Gasteiger charge is -1.98. The van der Waals surface area contributed by atoms with Crippen molar-refractivity contribution in [2.45, 2.75) is 0 Å². The van der Waals surface area contributed by atoms with Crippen molar-refractivity contribution in [3.05, 3.63) is 60.2 Å². The number of hydrazone groups is 1. The van der Waals surface area contributed by atoms with E-state index in [0.29, 0.717) is 5.69 Å². The van der Waals surface area contributed by atoms with Gasteiger partial charge in [-0.1, -0.05) is 12.1 Å². The molecule has 0 radical (unpaired) electrons. The number of rotatable bonds is 3. The van der Waals surface area contributed by atoms with Crippen LogP contribution in [0.3, 0.4) is 0 Å². The summed E-state index contributed by atoms with van der Waals surface area (Å²) in [6.07, 6.45) is 3.26. The van der Waals surface area contributed by atoms with Crippen molar-refractivity contribution in [3.63, 3.8) is 0 Å². The van der Waals surface area contributed by atoms with Crippen molar-refractivity contribution in [3.8, 4) is 0 Å². The quantitative estimate of drug-likeness (QED) is 0.631. The summed E-state index contributed by atoms with van der Waals surface area (Å²) in [5, 5.41) is 3.95. The molecule has 0 aliphatic carbocycles. The largest absolute Gasteiger partial charge is 0.278 e. The summed E-state index contributed by atoms with van der Waals surface area (Å²) in [7, 11) is 0. The van der Waals surface area contributed by atoms with Gasteiger partial charge in [0.2, 0.25) is 0 Å². The van der Waals surface area contributed by atoms with E-state index in [2.05, 4.69) is 15.5 Å². The van der Waals surface area contributed by atoms with Crippen LogP contribution in [-0.4, -0.2) is 11.2 Å². The van der Waals surface area contributed by atoms with Gasteiger partial charge in [-0.3, -0.25) is 10.4 Å². The lowest BCUT2D eigenvalue weighted by Crippen LogP contribution is -1.92. The van der Waals surface area contributed by atoms with Gasteiger partial charge in [-0.15, -0.1) is 0 Å². The van der Waals surface area contributed by atoms with Crippen LogP contribution >= 0.6 is 0 Å². The Morgan fingerprint density at radius 1 is 1.19 bits per heavy atom. The molecular weight excluding hydrogens is 205 g/mol. The van der Waals surface area contributed by atoms with Crippen LogP contribution in [0.1, 0.15) is 5.69 Å². The van der Waals surface area contributed by atoms with Crippen LogP contribution in [-0.2, 0) is 0 Å². The molecule has 16 heavy (non-hydrogen) atoms. The summed E-state index contributed by atoms with van der Waals surface area (Å²) < 4.78 is 12.8. The van der Waals surface area contributed by atoms with E-state index in [-0.39, 0.29) is 5.82 Å². The third-order valence-corrected chi connectivity index (χ3v) is 1.90. The second-order valence-electron chi connectivity index (χ2n) is 3.13. The number of nitrogens with one attached hydrogen (secondary N) is 1. The highest BCUT2D eigenvalue weighted by molar-refractivity contribution is 5.77. The molecule has 0 aliphatic heterocycles. The van der Waals surface area contributed by atoms with Gasteiger partial charge in [0, 0.05) is 6.20 Å². The van der Waals surface area contributed by atoms with E-state index in [1.165, 1.54) is 12.1 Å². The molecule has 0 spiro atoms. The van der Waals surface area contributed by atoms with Crippen molar-refractivity contribution in [2.75, 3.05) is 5.43 Å². The van der Waals surface area contributed by atoms with Gasteiger partial charge >= 0.3 is 0 Å². The molecule has 0 fully saturated rings. The van der Waals surface area contributed by atoms with Gasteiger partial charge in [-0.25, -0.2) is 4.39 Å². The molecule has 0 saturated heterocycles. The SMILES string of the molecule is Fc1cccc(N/N=C\c2ccccn2)c1. The molecule has 1 heterocycles. The number of nitrogens with zero attached hydrogens (tertiary/aromatic N) is 2. The standard InChI is InChI=1S/C12H10FN3/c13-10-4-3-6-11(8-10)16-15-9-12-5-1-2-7-14-12/h1-9,16H/b15-9-. The molecule has 1 aromatic carbocycles. The number of pyridine rings is 1. The van der Waals surface area contributed by atoms with Gasteiger partial charge in [0.1, 0.15) is 5.82 Å². The van der Waals surface area contributed by atoms with E-state index in [4.69, 9.17) is 0 Å². The van der Waals surface area contributed by atoms with Crippen LogP contribution in [0.2, 0.25) is 0 Å². The molecule has 0 atom stereocenters. The molecular formula is C12H10FN3. The Morgan fingerprint density at radius 3 is 2.88 bits per heavy atom. The molecule has 1 N–H and O–H groups in total. The summed E-state index contributed by atoms with van der Waals surface area (Å²) in [6, 6.07) is 11.6. The van der Waals surface area contributed by atoms with E-state index in [9.17, 15) is 4.39 Å². The zero-order valence-corrected chi connectivity index (χ0v) is 8.47. The van der Waals surface area contributed by atoms with Gasteiger partial charge in [-0.05, 0) is 30.3 Å². The second-order valence-corrected chi connectivity index (χ2v) is 3.13. The minimum absolute atomic E-state index is 0.293. The molecule has 0 unspecified atom stereocenters. The maximum absolute atomic E-state index is 12.8. The van der Waals surface area contributed by atoms with Crippen molar-refractivity contribution >= 4 is 11.9 Å². The number of hydrogen-bond acceptors (Lipinski definition) is 3. The van der Waals surface area contributed by atoms with Crippen molar-refractivity contribution in [1.82, 2.24) is 4.98 Å². The second kappa shape index (κ2) is 5.02. The van der Waals surface area contributed by atoms with Crippen molar-refractivity contribution in [1.29, 1.82) is 0 Å². The molecule has 0 aliphatic rings. The molecule has 1 aromatic heterocycles. The number of hydrogen-bond donors (Lipinski definition) is 1. The smallest absolute Gasteiger partial charge is 0.125 e. The fourth-order valence-electron chi connectivity index (χ4n) is 1.18. The van der Waals surface area contributed by atoms with Crippen LogP contribution in [0.15, 0.2) is 53.8 Å². The van der Waals surface area contributed by atoms with Crippen molar-refractivity contribution in [2.24, 2.45) is 5.10 Å². The van der Waals surface area contributed by atoms with E-state index in [1.807, 2.05) is 18.2 Å².